The average Bonchev–Trinajstić information content (AvgIpc) is 2.58. The minimum absolute atomic E-state index is 0.0167. The summed E-state index contributed by atoms with van der Waals surface area (Å²) in [6, 6.07) is 10.5. The van der Waals surface area contributed by atoms with Crippen molar-refractivity contribution in [1.29, 1.82) is 0 Å². The summed E-state index contributed by atoms with van der Waals surface area (Å²) in [5, 5.41) is 22.0. The van der Waals surface area contributed by atoms with E-state index in [0.29, 0.717) is 17.4 Å². The molecule has 6 heteroatoms. The zero-order valence-electron chi connectivity index (χ0n) is 12.8. The molecule has 2 aromatic carbocycles. The fourth-order valence-electron chi connectivity index (χ4n) is 2.50. The van der Waals surface area contributed by atoms with Crippen LogP contribution in [0.25, 0.3) is 10.8 Å². The molecule has 0 radical (unpaired) electrons. The Labute approximate surface area is 140 Å². The molecule has 2 aromatic rings. The van der Waals surface area contributed by atoms with E-state index in [1.165, 1.54) is 7.11 Å². The monoisotopic (exact) mass is 336 g/mol. The first kappa shape index (κ1) is 17.6. The zero-order valence-corrected chi connectivity index (χ0v) is 13.7. The molecule has 5 nitrogen and oxygen atoms in total. The van der Waals surface area contributed by atoms with Crippen LogP contribution in [-0.4, -0.2) is 41.8 Å². The van der Waals surface area contributed by atoms with Crippen LogP contribution < -0.4 is 0 Å². The highest BCUT2D eigenvalue weighted by Gasteiger charge is 2.23. The molecule has 0 heterocycles. The first-order valence-corrected chi connectivity index (χ1v) is 7.89. The van der Waals surface area contributed by atoms with Gasteiger partial charge in [-0.15, -0.1) is 0 Å². The van der Waals surface area contributed by atoms with Gasteiger partial charge in [0.15, 0.2) is 0 Å². The molecule has 0 aromatic heterocycles. The third-order valence-electron chi connectivity index (χ3n) is 3.70. The highest BCUT2D eigenvalue weighted by molar-refractivity contribution is 7.81. The second kappa shape index (κ2) is 8.19. The topological polar surface area (TPSA) is 76.0 Å². The number of aromatic hydroxyl groups is 1. The first-order valence-electron chi connectivity index (χ1n) is 7.26. The van der Waals surface area contributed by atoms with Crippen molar-refractivity contribution < 1.29 is 24.5 Å². The molecule has 0 unspecified atom stereocenters. The Kier molecular flexibility index (Phi) is 6.27. The quantitative estimate of drug-likeness (QED) is 0.535. The van der Waals surface area contributed by atoms with Crippen molar-refractivity contribution in [1.82, 2.24) is 0 Å². The number of phenols is 1. The number of hydrogen-bond acceptors (Lipinski definition) is 6. The Balaban J connectivity index is 2.19. The van der Waals surface area contributed by atoms with Crippen LogP contribution >= 0.6 is 12.6 Å². The SMILES string of the molecule is CO[C@@H](CCOC(=O)CS)[C@@H](O)c1ccc(O)c2ccccc12. The summed E-state index contributed by atoms with van der Waals surface area (Å²) in [6.07, 6.45) is -1.08. The van der Waals surface area contributed by atoms with Crippen LogP contribution in [0, 0.1) is 0 Å². The molecule has 2 atom stereocenters. The Morgan fingerprint density at radius 2 is 1.91 bits per heavy atom. The number of methoxy groups -OCH3 is 1. The van der Waals surface area contributed by atoms with E-state index in [4.69, 9.17) is 9.47 Å². The van der Waals surface area contributed by atoms with Crippen LogP contribution in [0.4, 0.5) is 0 Å². The van der Waals surface area contributed by atoms with Gasteiger partial charge in [-0.05, 0) is 17.0 Å². The Hall–Kier alpha value is -1.76. The number of thiol groups is 1. The number of benzene rings is 2. The van der Waals surface area contributed by atoms with Crippen LogP contribution in [-0.2, 0) is 14.3 Å². The number of aliphatic hydroxyl groups is 1. The van der Waals surface area contributed by atoms with Crippen molar-refractivity contribution in [2.45, 2.75) is 18.6 Å². The van der Waals surface area contributed by atoms with E-state index in [-0.39, 0.29) is 18.1 Å². The number of carbonyl (C=O) groups excluding carboxylic acids is 1. The van der Waals surface area contributed by atoms with Gasteiger partial charge in [0.2, 0.25) is 0 Å². The number of carbonyl (C=O) groups is 1. The van der Waals surface area contributed by atoms with Crippen LogP contribution in [0.5, 0.6) is 5.75 Å². The summed E-state index contributed by atoms with van der Waals surface area (Å²) >= 11 is 3.83. The highest BCUT2D eigenvalue weighted by Crippen LogP contribution is 2.33. The van der Waals surface area contributed by atoms with Crippen molar-refractivity contribution in [3.05, 3.63) is 42.0 Å². The molecule has 23 heavy (non-hydrogen) atoms. The Morgan fingerprint density at radius 1 is 1.22 bits per heavy atom. The molecule has 2 N–H and O–H groups in total. The number of phenolic OH excluding ortho intramolecular Hbond substituents is 1. The van der Waals surface area contributed by atoms with E-state index in [2.05, 4.69) is 12.6 Å². The lowest BCUT2D eigenvalue weighted by molar-refractivity contribution is -0.141. The summed E-state index contributed by atoms with van der Waals surface area (Å²) in [7, 11) is 1.50. The molecule has 0 saturated carbocycles. The van der Waals surface area contributed by atoms with Crippen LogP contribution in [0.2, 0.25) is 0 Å². The lowest BCUT2D eigenvalue weighted by atomic mass is 9.95. The highest BCUT2D eigenvalue weighted by atomic mass is 32.1. The summed E-state index contributed by atoms with van der Waals surface area (Å²) < 4.78 is 10.3. The third-order valence-corrected chi connectivity index (χ3v) is 3.96. The van der Waals surface area contributed by atoms with Crippen LogP contribution in [0.1, 0.15) is 18.1 Å². The third kappa shape index (κ3) is 4.16. The molecule has 0 fully saturated rings. The molecule has 0 amide bonds. The number of rotatable bonds is 7. The Morgan fingerprint density at radius 3 is 2.57 bits per heavy atom. The van der Waals surface area contributed by atoms with E-state index in [9.17, 15) is 15.0 Å². The first-order chi connectivity index (χ1) is 11.1. The molecule has 0 spiro atoms. The fourth-order valence-corrected chi connectivity index (χ4v) is 2.60. The van der Waals surface area contributed by atoms with Crippen molar-refractivity contribution in [2.24, 2.45) is 0 Å². The van der Waals surface area contributed by atoms with Gasteiger partial charge in [-0.3, -0.25) is 4.79 Å². The molecule has 0 saturated heterocycles. The molecule has 0 aliphatic carbocycles. The minimum atomic E-state index is -0.903. The summed E-state index contributed by atoms with van der Waals surface area (Å²) in [5.74, 6) is -0.232. The predicted molar refractivity (Wildman–Crippen MR) is 90.8 cm³/mol. The molecular formula is C17H20O5S. The van der Waals surface area contributed by atoms with Crippen LogP contribution in [0.15, 0.2) is 36.4 Å². The van der Waals surface area contributed by atoms with Crippen molar-refractivity contribution in [3.63, 3.8) is 0 Å². The molecule has 0 aliphatic heterocycles. The van der Waals surface area contributed by atoms with E-state index in [1.54, 1.807) is 18.2 Å². The molecule has 0 bridgehead atoms. The van der Waals surface area contributed by atoms with Gasteiger partial charge in [0.05, 0.1) is 18.5 Å². The molecular weight excluding hydrogens is 316 g/mol. The van der Waals surface area contributed by atoms with Gasteiger partial charge in [0, 0.05) is 18.9 Å². The zero-order chi connectivity index (χ0) is 16.8. The second-order valence-corrected chi connectivity index (χ2v) is 5.42. The maximum Gasteiger partial charge on any atom is 0.315 e. The van der Waals surface area contributed by atoms with Crippen molar-refractivity contribution >= 4 is 29.4 Å². The largest absolute Gasteiger partial charge is 0.507 e. The Bertz CT molecular complexity index is 673. The number of aliphatic hydroxyl groups excluding tert-OH is 1. The van der Waals surface area contributed by atoms with E-state index in [0.717, 1.165) is 5.39 Å². The predicted octanol–water partition coefficient (Wildman–Crippen LogP) is 2.46. The number of ether oxygens (including phenoxy) is 2. The summed E-state index contributed by atoms with van der Waals surface area (Å²) in [6.45, 7) is 0.144. The normalized spacial score (nSPS) is 13.7. The maximum atomic E-state index is 11.1. The lowest BCUT2D eigenvalue weighted by Crippen LogP contribution is -2.24. The summed E-state index contributed by atoms with van der Waals surface area (Å²) in [5.41, 5.74) is 0.658. The van der Waals surface area contributed by atoms with Gasteiger partial charge >= 0.3 is 5.97 Å². The van der Waals surface area contributed by atoms with Gasteiger partial charge in [-0.2, -0.15) is 12.6 Å². The molecule has 2 rings (SSSR count). The lowest BCUT2D eigenvalue weighted by Gasteiger charge is -2.23. The minimum Gasteiger partial charge on any atom is -0.507 e. The van der Waals surface area contributed by atoms with Gasteiger partial charge in [0.1, 0.15) is 11.9 Å². The van der Waals surface area contributed by atoms with Gasteiger partial charge in [-0.25, -0.2) is 0 Å². The van der Waals surface area contributed by atoms with Gasteiger partial charge < -0.3 is 19.7 Å². The number of hydrogen-bond donors (Lipinski definition) is 3. The smallest absolute Gasteiger partial charge is 0.315 e. The van der Waals surface area contributed by atoms with Crippen LogP contribution in [0.3, 0.4) is 0 Å². The van der Waals surface area contributed by atoms with Gasteiger partial charge in [0.25, 0.3) is 0 Å². The van der Waals surface area contributed by atoms with E-state index >= 15 is 0 Å². The molecule has 124 valence electrons. The standard InChI is InChI=1S/C17H20O5S/c1-21-15(8-9-22-16(19)10-23)17(20)13-6-7-14(18)12-5-3-2-4-11(12)13/h2-7,15,17-18,20,23H,8-10H2,1H3/t15-,17-/m0/s1. The number of esters is 1. The summed E-state index contributed by atoms with van der Waals surface area (Å²) in [4.78, 5) is 11.1. The fraction of sp³-hybridized carbons (Fsp3) is 0.353. The van der Waals surface area contributed by atoms with Crippen molar-refractivity contribution in [2.75, 3.05) is 19.5 Å². The average molecular weight is 336 g/mol. The second-order valence-electron chi connectivity index (χ2n) is 5.11. The molecule has 0 aliphatic rings. The van der Waals surface area contributed by atoms with E-state index < -0.39 is 18.2 Å². The maximum absolute atomic E-state index is 11.1. The number of fused-ring (bicyclic) bond motifs is 1. The van der Waals surface area contributed by atoms with E-state index in [1.807, 2.05) is 18.2 Å². The van der Waals surface area contributed by atoms with Crippen molar-refractivity contribution in [3.8, 4) is 5.75 Å². The van der Waals surface area contributed by atoms with Gasteiger partial charge in [-0.1, -0.05) is 30.3 Å².